The maximum absolute atomic E-state index is 12.1. The molecule has 2 rings (SSSR count). The van der Waals surface area contributed by atoms with E-state index >= 15 is 0 Å². The van der Waals surface area contributed by atoms with Crippen molar-refractivity contribution in [2.45, 2.75) is 44.1 Å². The number of carbonyl (C=O) groups excluding carboxylic acids is 1. The molecule has 1 fully saturated rings. The predicted molar refractivity (Wildman–Crippen MR) is 78.6 cm³/mol. The van der Waals surface area contributed by atoms with Crippen molar-refractivity contribution in [1.29, 1.82) is 0 Å². The highest BCUT2D eigenvalue weighted by atomic mass is 16.9. The Morgan fingerprint density at radius 2 is 1.71 bits per heavy atom. The van der Waals surface area contributed by atoms with Crippen LogP contribution in [0.2, 0.25) is 0 Å². The second kappa shape index (κ2) is 7.43. The molecule has 1 aromatic rings. The first kappa shape index (κ1) is 15.8. The number of hydrogen-bond donors (Lipinski definition) is 1. The number of amides is 1. The Morgan fingerprint density at radius 3 is 2.29 bits per heavy atom. The van der Waals surface area contributed by atoms with Gasteiger partial charge in [-0.25, -0.2) is 4.79 Å². The van der Waals surface area contributed by atoms with Crippen molar-refractivity contribution >= 4 is 6.09 Å². The molecule has 1 saturated carbocycles. The summed E-state index contributed by atoms with van der Waals surface area (Å²) in [5.41, 5.74) is 0.633. The number of carbonyl (C=O) groups is 1. The standard InChI is InChI=1S/C16H23NO4/c1-19-16(20-2,13-9-5-3-6-10-13)21-15(18)17-14-11-7-4-8-12-14/h3,5-6,9-10,14H,4,7-8,11-12H2,1-2H3,(H,17,18). The number of nitrogens with one attached hydrogen (secondary N) is 1. The number of methoxy groups -OCH3 is 2. The van der Waals surface area contributed by atoms with Gasteiger partial charge in [-0.15, -0.1) is 0 Å². The van der Waals surface area contributed by atoms with Crippen LogP contribution in [-0.2, 0) is 20.2 Å². The van der Waals surface area contributed by atoms with Gasteiger partial charge in [0.1, 0.15) is 0 Å². The largest absolute Gasteiger partial charge is 0.411 e. The van der Waals surface area contributed by atoms with Gasteiger partial charge in [-0.05, 0) is 25.0 Å². The fraction of sp³-hybridized carbons (Fsp3) is 0.562. The van der Waals surface area contributed by atoms with Crippen LogP contribution in [0.4, 0.5) is 4.79 Å². The van der Waals surface area contributed by atoms with Gasteiger partial charge < -0.3 is 19.5 Å². The summed E-state index contributed by atoms with van der Waals surface area (Å²) in [4.78, 5) is 12.1. The fourth-order valence-electron chi connectivity index (χ4n) is 2.67. The zero-order chi connectivity index (χ0) is 15.1. The predicted octanol–water partition coefficient (Wildman–Crippen LogP) is 3.15. The quantitative estimate of drug-likeness (QED) is 0.847. The Labute approximate surface area is 125 Å². The maximum Gasteiger partial charge on any atom is 0.411 e. The van der Waals surface area contributed by atoms with Gasteiger partial charge in [0.2, 0.25) is 0 Å². The van der Waals surface area contributed by atoms with Gasteiger partial charge in [-0.2, -0.15) is 0 Å². The molecule has 21 heavy (non-hydrogen) atoms. The topological polar surface area (TPSA) is 56.8 Å². The van der Waals surface area contributed by atoms with Crippen molar-refractivity contribution in [3.63, 3.8) is 0 Å². The molecule has 116 valence electrons. The molecule has 1 aliphatic rings. The minimum atomic E-state index is -1.51. The van der Waals surface area contributed by atoms with Gasteiger partial charge in [-0.3, -0.25) is 0 Å². The summed E-state index contributed by atoms with van der Waals surface area (Å²) in [6, 6.07) is 9.31. The number of alkyl carbamates (subject to hydrolysis) is 1. The summed E-state index contributed by atoms with van der Waals surface area (Å²) >= 11 is 0. The van der Waals surface area contributed by atoms with Gasteiger partial charge >= 0.3 is 12.1 Å². The lowest BCUT2D eigenvalue weighted by atomic mass is 9.96. The number of hydrogen-bond acceptors (Lipinski definition) is 4. The van der Waals surface area contributed by atoms with Crippen LogP contribution in [0.5, 0.6) is 0 Å². The molecule has 5 heteroatoms. The third-order valence-corrected chi connectivity index (χ3v) is 3.82. The lowest BCUT2D eigenvalue weighted by molar-refractivity contribution is -0.347. The van der Waals surface area contributed by atoms with E-state index in [9.17, 15) is 4.79 Å². The number of rotatable bonds is 5. The van der Waals surface area contributed by atoms with Crippen molar-refractivity contribution in [1.82, 2.24) is 5.32 Å². The fourth-order valence-corrected chi connectivity index (χ4v) is 2.67. The van der Waals surface area contributed by atoms with Crippen LogP contribution in [0.1, 0.15) is 37.7 Å². The molecular formula is C16H23NO4. The smallest absolute Gasteiger partial charge is 0.387 e. The maximum atomic E-state index is 12.1. The van der Waals surface area contributed by atoms with E-state index in [0.29, 0.717) is 5.56 Å². The highest BCUT2D eigenvalue weighted by molar-refractivity contribution is 5.68. The first-order valence-electron chi connectivity index (χ1n) is 7.35. The van der Waals surface area contributed by atoms with Crippen LogP contribution in [0.15, 0.2) is 30.3 Å². The van der Waals surface area contributed by atoms with Gasteiger partial charge in [0.25, 0.3) is 0 Å². The van der Waals surface area contributed by atoms with Crippen LogP contribution in [0.3, 0.4) is 0 Å². The van der Waals surface area contributed by atoms with Crippen LogP contribution in [-0.4, -0.2) is 26.4 Å². The first-order chi connectivity index (χ1) is 10.2. The minimum Gasteiger partial charge on any atom is -0.387 e. The Kier molecular flexibility index (Phi) is 5.59. The Morgan fingerprint density at radius 1 is 1.10 bits per heavy atom. The monoisotopic (exact) mass is 293 g/mol. The second-order valence-corrected chi connectivity index (χ2v) is 5.20. The van der Waals surface area contributed by atoms with E-state index in [1.807, 2.05) is 18.2 Å². The highest BCUT2D eigenvalue weighted by Crippen LogP contribution is 2.28. The normalized spacial score (nSPS) is 16.5. The zero-order valence-corrected chi connectivity index (χ0v) is 12.6. The summed E-state index contributed by atoms with van der Waals surface area (Å²) in [7, 11) is 2.90. The first-order valence-corrected chi connectivity index (χ1v) is 7.35. The van der Waals surface area contributed by atoms with Crippen molar-refractivity contribution in [2.24, 2.45) is 0 Å². The van der Waals surface area contributed by atoms with E-state index in [1.54, 1.807) is 12.1 Å². The molecule has 0 aliphatic heterocycles. The van der Waals surface area contributed by atoms with Gasteiger partial charge in [-0.1, -0.05) is 37.5 Å². The molecule has 0 spiro atoms. The molecule has 0 radical (unpaired) electrons. The average Bonchev–Trinajstić information content (AvgIpc) is 2.54. The lowest BCUT2D eigenvalue weighted by Gasteiger charge is -2.31. The van der Waals surface area contributed by atoms with E-state index in [4.69, 9.17) is 14.2 Å². The Balaban J connectivity index is 2.03. The Hall–Kier alpha value is -1.59. The van der Waals surface area contributed by atoms with Crippen LogP contribution >= 0.6 is 0 Å². The molecule has 0 heterocycles. The van der Waals surface area contributed by atoms with Crippen molar-refractivity contribution in [2.75, 3.05) is 14.2 Å². The Bertz CT molecular complexity index is 439. The number of benzene rings is 1. The SMILES string of the molecule is COC(OC)(OC(=O)NC1CCCCC1)c1ccccc1. The molecule has 1 aromatic carbocycles. The van der Waals surface area contributed by atoms with Gasteiger partial charge in [0, 0.05) is 20.3 Å². The van der Waals surface area contributed by atoms with Crippen LogP contribution < -0.4 is 5.32 Å². The van der Waals surface area contributed by atoms with E-state index in [2.05, 4.69) is 5.32 Å². The molecular weight excluding hydrogens is 270 g/mol. The zero-order valence-electron chi connectivity index (χ0n) is 12.6. The number of ether oxygens (including phenoxy) is 3. The third-order valence-electron chi connectivity index (χ3n) is 3.82. The summed E-state index contributed by atoms with van der Waals surface area (Å²) in [6.45, 7) is 0. The van der Waals surface area contributed by atoms with E-state index in [1.165, 1.54) is 20.6 Å². The summed E-state index contributed by atoms with van der Waals surface area (Å²) in [6.07, 6.45) is 4.99. The molecule has 0 atom stereocenters. The minimum absolute atomic E-state index is 0.174. The molecule has 0 aromatic heterocycles. The average molecular weight is 293 g/mol. The van der Waals surface area contributed by atoms with Gasteiger partial charge in [0.15, 0.2) is 0 Å². The summed E-state index contributed by atoms with van der Waals surface area (Å²) in [5.74, 6) is -1.51. The van der Waals surface area contributed by atoms with Crippen molar-refractivity contribution < 1.29 is 19.0 Å². The third kappa shape index (κ3) is 3.95. The van der Waals surface area contributed by atoms with Crippen LogP contribution in [0.25, 0.3) is 0 Å². The van der Waals surface area contributed by atoms with E-state index in [0.717, 1.165) is 25.7 Å². The molecule has 0 unspecified atom stereocenters. The molecule has 1 amide bonds. The molecule has 0 saturated heterocycles. The second-order valence-electron chi connectivity index (χ2n) is 5.20. The summed E-state index contributed by atoms with van der Waals surface area (Å²) in [5, 5.41) is 2.89. The van der Waals surface area contributed by atoms with Gasteiger partial charge in [0.05, 0.1) is 5.56 Å². The highest BCUT2D eigenvalue weighted by Gasteiger charge is 2.37. The molecule has 1 N–H and O–H groups in total. The van der Waals surface area contributed by atoms with Crippen molar-refractivity contribution in [3.05, 3.63) is 35.9 Å². The van der Waals surface area contributed by atoms with Crippen LogP contribution in [0, 0.1) is 0 Å². The molecule has 5 nitrogen and oxygen atoms in total. The lowest BCUT2D eigenvalue weighted by Crippen LogP contribution is -2.43. The van der Waals surface area contributed by atoms with E-state index < -0.39 is 12.1 Å². The molecule has 1 aliphatic carbocycles. The van der Waals surface area contributed by atoms with E-state index in [-0.39, 0.29) is 6.04 Å². The van der Waals surface area contributed by atoms with Crippen molar-refractivity contribution in [3.8, 4) is 0 Å². The summed E-state index contributed by atoms with van der Waals surface area (Å²) < 4.78 is 16.1. The molecule has 0 bridgehead atoms.